The first-order valence-electron chi connectivity index (χ1n) is 22.6. The zero-order valence-corrected chi connectivity index (χ0v) is 38.4. The van der Waals surface area contributed by atoms with Crippen LogP contribution in [-0.4, -0.2) is 70.0 Å². The van der Waals surface area contributed by atoms with Crippen molar-refractivity contribution in [2.45, 2.75) is 174 Å². The maximum Gasteiger partial charge on any atom is 0.306 e. The van der Waals surface area contributed by atoms with Gasteiger partial charge < -0.3 is 27.9 Å². The van der Waals surface area contributed by atoms with Gasteiger partial charge in [0.25, 0.3) is 7.82 Å². The Labute approximate surface area is 355 Å². The van der Waals surface area contributed by atoms with Gasteiger partial charge in [0.1, 0.15) is 19.8 Å². The van der Waals surface area contributed by atoms with Crippen molar-refractivity contribution in [2.24, 2.45) is 0 Å². The van der Waals surface area contributed by atoms with Gasteiger partial charge in [-0.05, 0) is 64.2 Å². The molecular formula is C48H84NO8P. The summed E-state index contributed by atoms with van der Waals surface area (Å²) in [6.07, 6.45) is 49.3. The van der Waals surface area contributed by atoms with Gasteiger partial charge in [-0.3, -0.25) is 14.2 Å². The van der Waals surface area contributed by atoms with Crippen LogP contribution < -0.4 is 4.89 Å². The van der Waals surface area contributed by atoms with Crippen LogP contribution in [0.4, 0.5) is 0 Å². The summed E-state index contributed by atoms with van der Waals surface area (Å²) in [7, 11) is 1.13. The average Bonchev–Trinajstić information content (AvgIpc) is 3.17. The highest BCUT2D eigenvalue weighted by Gasteiger charge is 2.21. The Hall–Kier alpha value is -2.55. The number of carbonyl (C=O) groups excluding carboxylic acids is 2. The van der Waals surface area contributed by atoms with E-state index in [0.29, 0.717) is 17.4 Å². The molecule has 0 bridgehead atoms. The second-order valence-corrected chi connectivity index (χ2v) is 17.4. The molecule has 9 nitrogen and oxygen atoms in total. The molecule has 2 unspecified atom stereocenters. The van der Waals surface area contributed by atoms with E-state index in [2.05, 4.69) is 86.8 Å². The van der Waals surface area contributed by atoms with Crippen LogP contribution in [-0.2, 0) is 32.7 Å². The molecule has 0 aliphatic rings. The number of nitrogens with zero attached hydrogens (tertiary/aromatic N) is 1. The molecule has 0 amide bonds. The van der Waals surface area contributed by atoms with Gasteiger partial charge in [0.05, 0.1) is 27.7 Å². The first kappa shape index (κ1) is 55.5. The topological polar surface area (TPSA) is 111 Å². The number of carbonyl (C=O) groups is 2. The van der Waals surface area contributed by atoms with Gasteiger partial charge in [-0.25, -0.2) is 0 Å². The Morgan fingerprint density at radius 2 is 0.983 bits per heavy atom. The van der Waals surface area contributed by atoms with Crippen LogP contribution in [0.25, 0.3) is 0 Å². The predicted octanol–water partition coefficient (Wildman–Crippen LogP) is 12.4. The minimum absolute atomic E-state index is 0.0421. The van der Waals surface area contributed by atoms with E-state index in [4.69, 9.17) is 18.5 Å². The standard InChI is InChI=1S/C48H84NO8P/c1-6-8-10-12-14-16-18-20-21-22-23-24-25-26-27-29-31-33-35-37-39-41-48(51)57-46(45-56-58(52,53)55-43-42-49(3,4)5)44-54-47(50)40-38-36-34-32-30-28-19-17-15-13-11-9-7-2/h8,10,14,16,20-21,23-24,26-27,31,33,46H,6-7,9,11-13,15,17-19,22,25,28-30,32,34-45H2,1-5H3/b10-8-,16-14-,21-20-,24-23-,27-26-,33-31-. The van der Waals surface area contributed by atoms with Gasteiger partial charge >= 0.3 is 11.9 Å². The highest BCUT2D eigenvalue weighted by molar-refractivity contribution is 7.45. The first-order chi connectivity index (χ1) is 28.0. The predicted molar refractivity (Wildman–Crippen MR) is 240 cm³/mol. The molecule has 0 aliphatic carbocycles. The summed E-state index contributed by atoms with van der Waals surface area (Å²) < 4.78 is 33.9. The lowest BCUT2D eigenvalue weighted by Gasteiger charge is -2.28. The van der Waals surface area contributed by atoms with Crippen molar-refractivity contribution in [3.63, 3.8) is 0 Å². The van der Waals surface area contributed by atoms with Gasteiger partial charge in [-0.2, -0.15) is 0 Å². The van der Waals surface area contributed by atoms with Crippen molar-refractivity contribution in [3.8, 4) is 0 Å². The molecule has 0 aromatic rings. The molecule has 10 heteroatoms. The third-order valence-corrected chi connectivity index (χ3v) is 10.2. The van der Waals surface area contributed by atoms with Crippen molar-refractivity contribution in [3.05, 3.63) is 72.9 Å². The number of quaternary nitrogens is 1. The van der Waals surface area contributed by atoms with E-state index in [1.807, 2.05) is 21.1 Å². The lowest BCUT2D eigenvalue weighted by Crippen LogP contribution is -2.37. The number of likely N-dealkylation sites (N-methyl/N-ethyl adjacent to an activating group) is 1. The van der Waals surface area contributed by atoms with E-state index >= 15 is 0 Å². The molecule has 0 saturated heterocycles. The summed E-state index contributed by atoms with van der Waals surface area (Å²) in [5, 5.41) is 0. The van der Waals surface area contributed by atoms with Gasteiger partial charge in [-0.15, -0.1) is 0 Å². The number of hydrogen-bond donors (Lipinski definition) is 0. The molecule has 2 atom stereocenters. The Balaban J connectivity index is 4.44. The van der Waals surface area contributed by atoms with Crippen molar-refractivity contribution in [2.75, 3.05) is 47.5 Å². The molecular weight excluding hydrogens is 750 g/mol. The summed E-state index contributed by atoms with van der Waals surface area (Å²) in [5.41, 5.74) is 0. The average molecular weight is 834 g/mol. The lowest BCUT2D eigenvalue weighted by atomic mass is 10.0. The van der Waals surface area contributed by atoms with Gasteiger partial charge in [0, 0.05) is 12.8 Å². The molecule has 0 N–H and O–H groups in total. The van der Waals surface area contributed by atoms with Crippen LogP contribution in [0.5, 0.6) is 0 Å². The number of allylic oxidation sites excluding steroid dienone is 12. The van der Waals surface area contributed by atoms with E-state index in [-0.39, 0.29) is 26.1 Å². The Bertz CT molecular complexity index is 1220. The van der Waals surface area contributed by atoms with E-state index < -0.39 is 32.5 Å². The zero-order chi connectivity index (χ0) is 42.8. The number of rotatable bonds is 40. The number of phosphoric acid groups is 1. The van der Waals surface area contributed by atoms with Crippen LogP contribution >= 0.6 is 7.82 Å². The summed E-state index contributed by atoms with van der Waals surface area (Å²) in [6.45, 7) is 4.05. The molecule has 0 spiro atoms. The van der Waals surface area contributed by atoms with Crippen LogP contribution in [0.1, 0.15) is 168 Å². The normalized spacial score (nSPS) is 14.2. The van der Waals surface area contributed by atoms with E-state index in [1.54, 1.807) is 0 Å². The molecule has 0 aromatic carbocycles. The molecule has 0 aliphatic heterocycles. The first-order valence-corrected chi connectivity index (χ1v) is 24.1. The molecule has 0 fully saturated rings. The van der Waals surface area contributed by atoms with Crippen molar-refractivity contribution >= 4 is 19.8 Å². The zero-order valence-electron chi connectivity index (χ0n) is 37.5. The van der Waals surface area contributed by atoms with Crippen LogP contribution in [0.3, 0.4) is 0 Å². The Morgan fingerprint density at radius 3 is 1.47 bits per heavy atom. The minimum atomic E-state index is -4.64. The fraction of sp³-hybridized carbons (Fsp3) is 0.708. The maximum atomic E-state index is 12.7. The number of hydrogen-bond acceptors (Lipinski definition) is 8. The quantitative estimate of drug-likeness (QED) is 0.0197. The molecule has 0 aromatic heterocycles. The SMILES string of the molecule is CC/C=C\C/C=C\C/C=C\C/C=C\C/C=C\C/C=C\CCCCC(=O)OC(COC(=O)CCCCCCCCCCCCCCC)COP(=O)([O-])OCC[N+](C)(C)C. The fourth-order valence-corrected chi connectivity index (χ4v) is 6.44. The monoisotopic (exact) mass is 834 g/mol. The third-order valence-electron chi connectivity index (χ3n) is 9.24. The molecule has 0 saturated carbocycles. The van der Waals surface area contributed by atoms with Crippen LogP contribution in [0.15, 0.2) is 72.9 Å². The molecule has 0 rings (SSSR count). The number of ether oxygens (including phenoxy) is 2. The lowest BCUT2D eigenvalue weighted by molar-refractivity contribution is -0.870. The summed E-state index contributed by atoms with van der Waals surface area (Å²) in [5.74, 6) is -0.888. The van der Waals surface area contributed by atoms with Crippen molar-refractivity contribution < 1.29 is 42.1 Å². The Morgan fingerprint density at radius 1 is 0.552 bits per heavy atom. The largest absolute Gasteiger partial charge is 0.756 e. The van der Waals surface area contributed by atoms with Crippen LogP contribution in [0.2, 0.25) is 0 Å². The highest BCUT2D eigenvalue weighted by Crippen LogP contribution is 2.38. The maximum absolute atomic E-state index is 12.7. The molecule has 0 radical (unpaired) electrons. The minimum Gasteiger partial charge on any atom is -0.756 e. The van der Waals surface area contributed by atoms with E-state index in [9.17, 15) is 19.0 Å². The Kier molecular flexibility index (Phi) is 38.1. The number of phosphoric ester groups is 1. The highest BCUT2D eigenvalue weighted by atomic mass is 31.2. The van der Waals surface area contributed by atoms with E-state index in [1.165, 1.54) is 64.2 Å². The van der Waals surface area contributed by atoms with Crippen LogP contribution in [0, 0.1) is 0 Å². The van der Waals surface area contributed by atoms with E-state index in [0.717, 1.165) is 70.6 Å². The van der Waals surface area contributed by atoms with Crippen molar-refractivity contribution in [1.82, 2.24) is 0 Å². The molecule has 58 heavy (non-hydrogen) atoms. The second-order valence-electron chi connectivity index (χ2n) is 16.0. The molecule has 334 valence electrons. The summed E-state index contributed by atoms with van der Waals surface area (Å²) >= 11 is 0. The molecule has 0 heterocycles. The third kappa shape index (κ3) is 43.0. The number of unbranched alkanes of at least 4 members (excludes halogenated alkanes) is 14. The fourth-order valence-electron chi connectivity index (χ4n) is 5.72. The van der Waals surface area contributed by atoms with Crippen molar-refractivity contribution in [1.29, 1.82) is 0 Å². The van der Waals surface area contributed by atoms with Gasteiger partial charge in [-0.1, -0.05) is 164 Å². The smallest absolute Gasteiger partial charge is 0.306 e. The second kappa shape index (κ2) is 39.9. The number of esters is 2. The van der Waals surface area contributed by atoms with Gasteiger partial charge in [0.2, 0.25) is 0 Å². The summed E-state index contributed by atoms with van der Waals surface area (Å²) in [4.78, 5) is 37.5. The summed E-state index contributed by atoms with van der Waals surface area (Å²) in [6, 6.07) is 0. The van der Waals surface area contributed by atoms with Gasteiger partial charge in [0.15, 0.2) is 6.10 Å².